The van der Waals surface area contributed by atoms with Crippen LogP contribution in [-0.4, -0.2) is 17.6 Å². The number of hydrogen-bond acceptors (Lipinski definition) is 2. The summed E-state index contributed by atoms with van der Waals surface area (Å²) < 4.78 is 0. The minimum atomic E-state index is -0.750. The van der Waals surface area contributed by atoms with E-state index in [9.17, 15) is 4.79 Å². The molecule has 16 heavy (non-hydrogen) atoms. The minimum Gasteiger partial charge on any atom is -0.481 e. The molecule has 4 heteroatoms. The quantitative estimate of drug-likeness (QED) is 0.753. The molecule has 0 radical (unpaired) electrons. The Kier molecular flexibility index (Phi) is 5.29. The van der Waals surface area contributed by atoms with Gasteiger partial charge in [-0.1, -0.05) is 17.7 Å². The highest BCUT2D eigenvalue weighted by atomic mass is 35.5. The predicted octanol–water partition coefficient (Wildman–Crippen LogP) is 2.60. The normalized spacial score (nSPS) is 10.4. The second-order valence-electron chi connectivity index (χ2n) is 3.81. The molecule has 0 unspecified atom stereocenters. The van der Waals surface area contributed by atoms with Gasteiger partial charge >= 0.3 is 5.97 Å². The highest BCUT2D eigenvalue weighted by molar-refractivity contribution is 6.30. The number of halogens is 1. The van der Waals surface area contributed by atoms with E-state index < -0.39 is 5.97 Å². The van der Waals surface area contributed by atoms with Gasteiger partial charge in [0.25, 0.3) is 0 Å². The molecule has 1 aromatic rings. The van der Waals surface area contributed by atoms with E-state index >= 15 is 0 Å². The summed E-state index contributed by atoms with van der Waals surface area (Å²) >= 11 is 5.93. The fourth-order valence-corrected chi connectivity index (χ4v) is 1.82. The first kappa shape index (κ1) is 13.0. The Morgan fingerprint density at radius 1 is 1.44 bits per heavy atom. The van der Waals surface area contributed by atoms with Gasteiger partial charge in [-0.2, -0.15) is 0 Å². The molecule has 0 fully saturated rings. The summed E-state index contributed by atoms with van der Waals surface area (Å²) in [5, 5.41) is 12.4. The number of rotatable bonds is 6. The van der Waals surface area contributed by atoms with Crippen molar-refractivity contribution in [1.82, 2.24) is 5.32 Å². The Bertz CT molecular complexity index is 346. The number of carboxylic acid groups (broad SMARTS) is 1. The summed E-state index contributed by atoms with van der Waals surface area (Å²) in [5.74, 6) is -0.750. The van der Waals surface area contributed by atoms with Crippen LogP contribution in [0, 0.1) is 6.92 Å². The molecule has 0 heterocycles. The van der Waals surface area contributed by atoms with Gasteiger partial charge in [-0.25, -0.2) is 0 Å². The Labute approximate surface area is 100 Å². The lowest BCUT2D eigenvalue weighted by molar-refractivity contribution is -0.137. The molecule has 0 atom stereocenters. The highest BCUT2D eigenvalue weighted by Crippen LogP contribution is 2.14. The summed E-state index contributed by atoms with van der Waals surface area (Å²) in [5.41, 5.74) is 2.26. The second-order valence-corrected chi connectivity index (χ2v) is 4.25. The lowest BCUT2D eigenvalue weighted by Crippen LogP contribution is -2.15. The number of carboxylic acids is 1. The van der Waals surface area contributed by atoms with Crippen molar-refractivity contribution in [3.63, 3.8) is 0 Å². The van der Waals surface area contributed by atoms with E-state index in [2.05, 4.69) is 11.4 Å². The SMILES string of the molecule is Cc1cc(Cl)cc(CNCCCC(=O)O)c1. The lowest BCUT2D eigenvalue weighted by Gasteiger charge is -2.05. The van der Waals surface area contributed by atoms with E-state index in [1.165, 1.54) is 0 Å². The maximum Gasteiger partial charge on any atom is 0.303 e. The van der Waals surface area contributed by atoms with E-state index in [0.29, 0.717) is 13.0 Å². The topological polar surface area (TPSA) is 49.3 Å². The molecule has 0 aliphatic heterocycles. The van der Waals surface area contributed by atoms with Crippen LogP contribution in [0.3, 0.4) is 0 Å². The Morgan fingerprint density at radius 2 is 2.19 bits per heavy atom. The van der Waals surface area contributed by atoms with Crippen LogP contribution in [-0.2, 0) is 11.3 Å². The van der Waals surface area contributed by atoms with Crippen molar-refractivity contribution in [3.05, 3.63) is 34.3 Å². The van der Waals surface area contributed by atoms with Crippen LogP contribution in [0.2, 0.25) is 5.02 Å². The standard InChI is InChI=1S/C12H16ClNO2/c1-9-5-10(7-11(13)6-9)8-14-4-2-3-12(15)16/h5-7,14H,2-4,8H2,1H3,(H,15,16). The van der Waals surface area contributed by atoms with Crippen LogP contribution in [0.15, 0.2) is 18.2 Å². The molecule has 1 rings (SSSR count). The van der Waals surface area contributed by atoms with Crippen molar-refractivity contribution in [1.29, 1.82) is 0 Å². The average molecular weight is 242 g/mol. The van der Waals surface area contributed by atoms with Crippen LogP contribution < -0.4 is 5.32 Å². The van der Waals surface area contributed by atoms with Crippen LogP contribution in [0.1, 0.15) is 24.0 Å². The van der Waals surface area contributed by atoms with E-state index in [0.717, 1.165) is 22.7 Å². The summed E-state index contributed by atoms with van der Waals surface area (Å²) in [6.07, 6.45) is 0.858. The first-order valence-corrected chi connectivity index (χ1v) is 5.64. The molecule has 0 saturated carbocycles. The van der Waals surface area contributed by atoms with Gasteiger partial charge in [-0.15, -0.1) is 0 Å². The molecule has 3 nitrogen and oxygen atoms in total. The van der Waals surface area contributed by atoms with Gasteiger partial charge in [0.2, 0.25) is 0 Å². The van der Waals surface area contributed by atoms with Crippen LogP contribution in [0.25, 0.3) is 0 Å². The Balaban J connectivity index is 2.29. The molecule has 1 aromatic carbocycles. The largest absolute Gasteiger partial charge is 0.481 e. The molecule has 0 saturated heterocycles. The van der Waals surface area contributed by atoms with Crippen LogP contribution in [0.5, 0.6) is 0 Å². The molecular formula is C12H16ClNO2. The molecular weight excluding hydrogens is 226 g/mol. The van der Waals surface area contributed by atoms with Gasteiger partial charge in [0, 0.05) is 18.0 Å². The maximum atomic E-state index is 10.3. The Morgan fingerprint density at radius 3 is 2.81 bits per heavy atom. The summed E-state index contributed by atoms with van der Waals surface area (Å²) in [7, 11) is 0. The molecule has 88 valence electrons. The highest BCUT2D eigenvalue weighted by Gasteiger charge is 1.98. The fraction of sp³-hybridized carbons (Fsp3) is 0.417. The fourth-order valence-electron chi connectivity index (χ4n) is 1.51. The molecule has 0 aliphatic rings. The van der Waals surface area contributed by atoms with Gasteiger partial charge in [0.1, 0.15) is 0 Å². The first-order valence-electron chi connectivity index (χ1n) is 5.26. The van der Waals surface area contributed by atoms with Crippen molar-refractivity contribution in [2.24, 2.45) is 0 Å². The zero-order chi connectivity index (χ0) is 12.0. The zero-order valence-electron chi connectivity index (χ0n) is 9.29. The maximum absolute atomic E-state index is 10.3. The lowest BCUT2D eigenvalue weighted by atomic mass is 10.1. The van der Waals surface area contributed by atoms with Crippen molar-refractivity contribution < 1.29 is 9.90 Å². The molecule has 0 aromatic heterocycles. The number of hydrogen-bond donors (Lipinski definition) is 2. The number of benzene rings is 1. The third kappa shape index (κ3) is 5.14. The monoisotopic (exact) mass is 241 g/mol. The summed E-state index contributed by atoms with van der Waals surface area (Å²) in [6.45, 7) is 3.43. The molecule has 0 amide bonds. The second kappa shape index (κ2) is 6.51. The average Bonchev–Trinajstić information content (AvgIpc) is 2.15. The number of aryl methyl sites for hydroxylation is 1. The predicted molar refractivity (Wildman–Crippen MR) is 64.8 cm³/mol. The smallest absolute Gasteiger partial charge is 0.303 e. The third-order valence-electron chi connectivity index (χ3n) is 2.18. The van der Waals surface area contributed by atoms with E-state index in [-0.39, 0.29) is 6.42 Å². The van der Waals surface area contributed by atoms with Gasteiger partial charge < -0.3 is 10.4 Å². The zero-order valence-corrected chi connectivity index (χ0v) is 10.0. The summed E-state index contributed by atoms with van der Waals surface area (Å²) in [6, 6.07) is 5.89. The van der Waals surface area contributed by atoms with Crippen molar-refractivity contribution in [2.75, 3.05) is 6.54 Å². The van der Waals surface area contributed by atoms with E-state index in [1.54, 1.807) is 0 Å². The van der Waals surface area contributed by atoms with Crippen molar-refractivity contribution in [2.45, 2.75) is 26.3 Å². The molecule has 2 N–H and O–H groups in total. The Hall–Kier alpha value is -1.06. The number of carbonyl (C=O) groups is 1. The summed E-state index contributed by atoms with van der Waals surface area (Å²) in [4.78, 5) is 10.3. The van der Waals surface area contributed by atoms with Gasteiger partial charge in [0.15, 0.2) is 0 Å². The van der Waals surface area contributed by atoms with Crippen LogP contribution in [0.4, 0.5) is 0 Å². The minimum absolute atomic E-state index is 0.210. The van der Waals surface area contributed by atoms with E-state index in [4.69, 9.17) is 16.7 Å². The van der Waals surface area contributed by atoms with Crippen molar-refractivity contribution in [3.8, 4) is 0 Å². The first-order chi connectivity index (χ1) is 7.58. The molecule has 0 aliphatic carbocycles. The van der Waals surface area contributed by atoms with Crippen LogP contribution >= 0.6 is 11.6 Å². The van der Waals surface area contributed by atoms with Gasteiger partial charge in [-0.05, 0) is 43.1 Å². The van der Waals surface area contributed by atoms with Gasteiger partial charge in [-0.3, -0.25) is 4.79 Å². The van der Waals surface area contributed by atoms with E-state index in [1.807, 2.05) is 19.1 Å². The number of aliphatic carboxylic acids is 1. The third-order valence-corrected chi connectivity index (χ3v) is 2.39. The number of nitrogens with one attached hydrogen (secondary N) is 1. The molecule has 0 spiro atoms. The van der Waals surface area contributed by atoms with Gasteiger partial charge in [0.05, 0.1) is 0 Å². The van der Waals surface area contributed by atoms with Crippen molar-refractivity contribution >= 4 is 17.6 Å². The molecule has 0 bridgehead atoms.